The fraction of sp³-hybridized carbons (Fsp3) is 0.913. The Kier molecular flexibility index (Phi) is 8.73. The lowest BCUT2D eigenvalue weighted by Crippen LogP contribution is -2.67. The minimum Gasteiger partial charge on any atom is -0.479 e. The molecule has 31 heavy (non-hydrogen) atoms. The number of unbranched alkanes of at least 4 members (excludes halogenated alkanes) is 1. The lowest BCUT2D eigenvalue weighted by Gasteiger charge is -2.60. The van der Waals surface area contributed by atoms with Crippen molar-refractivity contribution >= 4 is 11.9 Å². The van der Waals surface area contributed by atoms with Crippen molar-refractivity contribution < 1.29 is 30.0 Å². The lowest BCUT2D eigenvalue weighted by atomic mass is 9.66. The minimum atomic E-state index is -2.27. The molecule has 0 aromatic heterocycles. The van der Waals surface area contributed by atoms with E-state index in [4.69, 9.17) is 20.4 Å². The average Bonchev–Trinajstić information content (AvgIpc) is 2.78. The van der Waals surface area contributed by atoms with E-state index < -0.39 is 24.1 Å². The molecule has 8 heteroatoms. The van der Waals surface area contributed by atoms with Crippen molar-refractivity contribution in [1.82, 2.24) is 9.80 Å². The number of carbonyl (C=O) groups is 2. The number of aliphatic hydroxyl groups is 2. The molecule has 0 saturated carbocycles. The number of hydrogen-bond donors (Lipinski definition) is 4. The van der Waals surface area contributed by atoms with Crippen LogP contribution in [0.15, 0.2) is 0 Å². The van der Waals surface area contributed by atoms with Gasteiger partial charge < -0.3 is 20.4 Å². The summed E-state index contributed by atoms with van der Waals surface area (Å²) < 4.78 is 0. The fourth-order valence-corrected chi connectivity index (χ4v) is 6.51. The van der Waals surface area contributed by atoms with Crippen LogP contribution in [0.25, 0.3) is 0 Å². The van der Waals surface area contributed by atoms with E-state index in [1.54, 1.807) is 6.42 Å². The van der Waals surface area contributed by atoms with Gasteiger partial charge in [0.2, 0.25) is 0 Å². The van der Waals surface area contributed by atoms with Gasteiger partial charge >= 0.3 is 11.9 Å². The first-order valence-electron chi connectivity index (χ1n) is 12.2. The number of fused-ring (bicyclic) bond motifs is 6. The SMILES string of the molecule is CCCCC1[C@@H]2C[C@@H](CN3CCCC[C@H]23)[C@@H]2CCCCN12.O=C(O)C(O)C(O)C(=O)O. The molecule has 4 aliphatic heterocycles. The van der Waals surface area contributed by atoms with Gasteiger partial charge in [0.1, 0.15) is 0 Å². The van der Waals surface area contributed by atoms with Crippen LogP contribution in [0.5, 0.6) is 0 Å². The number of aliphatic hydroxyl groups excluding tert-OH is 2. The van der Waals surface area contributed by atoms with Crippen LogP contribution >= 0.6 is 0 Å². The third-order valence-corrected chi connectivity index (χ3v) is 7.92. The maximum absolute atomic E-state index is 9.77. The number of carboxylic acids is 2. The van der Waals surface area contributed by atoms with E-state index in [0.717, 1.165) is 30.0 Å². The highest BCUT2D eigenvalue weighted by Crippen LogP contribution is 2.47. The predicted octanol–water partition coefficient (Wildman–Crippen LogP) is 1.78. The van der Waals surface area contributed by atoms with Gasteiger partial charge in [-0.15, -0.1) is 0 Å². The Labute approximate surface area is 185 Å². The molecule has 7 atom stereocenters. The molecule has 4 rings (SSSR count). The Morgan fingerprint density at radius 2 is 1.55 bits per heavy atom. The van der Waals surface area contributed by atoms with Crippen molar-refractivity contribution in [1.29, 1.82) is 0 Å². The Morgan fingerprint density at radius 1 is 0.935 bits per heavy atom. The van der Waals surface area contributed by atoms with Crippen LogP contribution in [0.3, 0.4) is 0 Å². The molecule has 8 nitrogen and oxygen atoms in total. The van der Waals surface area contributed by atoms with Gasteiger partial charge in [-0.25, -0.2) is 9.59 Å². The predicted molar refractivity (Wildman–Crippen MR) is 116 cm³/mol. The van der Waals surface area contributed by atoms with Gasteiger partial charge in [0.25, 0.3) is 0 Å². The molecular formula is C23H40N2O6. The van der Waals surface area contributed by atoms with E-state index in [9.17, 15) is 9.59 Å². The second-order valence-corrected chi connectivity index (χ2v) is 9.79. The van der Waals surface area contributed by atoms with Crippen LogP contribution < -0.4 is 0 Å². The second-order valence-electron chi connectivity index (χ2n) is 9.79. The molecule has 4 fully saturated rings. The Morgan fingerprint density at radius 3 is 2.16 bits per heavy atom. The topological polar surface area (TPSA) is 122 Å². The fourth-order valence-electron chi connectivity index (χ4n) is 6.51. The van der Waals surface area contributed by atoms with Gasteiger partial charge in [-0.2, -0.15) is 0 Å². The van der Waals surface area contributed by atoms with E-state index in [1.807, 2.05) is 0 Å². The number of aliphatic carboxylic acids is 2. The molecular weight excluding hydrogens is 400 g/mol. The number of rotatable bonds is 6. The van der Waals surface area contributed by atoms with E-state index >= 15 is 0 Å². The number of piperidine rings is 4. The maximum Gasteiger partial charge on any atom is 0.335 e. The van der Waals surface area contributed by atoms with Crippen LogP contribution in [-0.4, -0.2) is 92.1 Å². The maximum atomic E-state index is 9.77. The molecule has 0 aromatic carbocycles. The van der Waals surface area contributed by atoms with Crippen LogP contribution in [0.4, 0.5) is 0 Å². The molecule has 0 amide bonds. The number of carboxylic acid groups (broad SMARTS) is 2. The summed E-state index contributed by atoms with van der Waals surface area (Å²) in [4.78, 5) is 25.5. The van der Waals surface area contributed by atoms with Crippen LogP contribution in [0, 0.1) is 11.8 Å². The Bertz CT molecular complexity index is 597. The molecule has 0 spiro atoms. The summed E-state index contributed by atoms with van der Waals surface area (Å²) in [7, 11) is 0. The lowest BCUT2D eigenvalue weighted by molar-refractivity contribution is -0.165. The summed E-state index contributed by atoms with van der Waals surface area (Å²) in [6, 6.07) is 2.82. The van der Waals surface area contributed by atoms with Crippen molar-refractivity contribution in [2.75, 3.05) is 19.6 Å². The molecule has 0 aromatic rings. The highest BCUT2D eigenvalue weighted by molar-refractivity contribution is 5.83. The summed E-state index contributed by atoms with van der Waals surface area (Å²) in [6.07, 6.45) is 10.2. The molecule has 4 saturated heterocycles. The van der Waals surface area contributed by atoms with Crippen molar-refractivity contribution in [3.8, 4) is 0 Å². The van der Waals surface area contributed by atoms with E-state index in [1.165, 1.54) is 77.4 Å². The monoisotopic (exact) mass is 440 g/mol. The molecule has 178 valence electrons. The van der Waals surface area contributed by atoms with Gasteiger partial charge in [0, 0.05) is 24.7 Å². The zero-order valence-electron chi connectivity index (χ0n) is 18.7. The summed E-state index contributed by atoms with van der Waals surface area (Å²) in [5, 5.41) is 32.5. The summed E-state index contributed by atoms with van der Waals surface area (Å²) in [5.41, 5.74) is 0. The largest absolute Gasteiger partial charge is 0.479 e. The number of hydrogen-bond acceptors (Lipinski definition) is 6. The third-order valence-electron chi connectivity index (χ3n) is 7.92. The van der Waals surface area contributed by atoms with E-state index in [-0.39, 0.29) is 0 Å². The van der Waals surface area contributed by atoms with Gasteiger partial charge in [0.05, 0.1) is 0 Å². The zero-order chi connectivity index (χ0) is 22.5. The molecule has 4 N–H and O–H groups in total. The van der Waals surface area contributed by atoms with Gasteiger partial charge in [-0.3, -0.25) is 9.80 Å². The van der Waals surface area contributed by atoms with Gasteiger partial charge in [-0.05, 0) is 63.5 Å². The zero-order valence-corrected chi connectivity index (χ0v) is 18.7. The molecule has 0 radical (unpaired) electrons. The second kappa shape index (κ2) is 11.1. The third kappa shape index (κ3) is 5.59. The van der Waals surface area contributed by atoms with E-state index in [0.29, 0.717) is 0 Å². The van der Waals surface area contributed by atoms with Crippen LogP contribution in [0.1, 0.15) is 71.1 Å². The normalized spacial score (nSPS) is 35.0. The van der Waals surface area contributed by atoms with Gasteiger partial charge in [-0.1, -0.05) is 32.6 Å². The van der Waals surface area contributed by atoms with Crippen molar-refractivity contribution in [3.63, 3.8) is 0 Å². The van der Waals surface area contributed by atoms with Crippen molar-refractivity contribution in [3.05, 3.63) is 0 Å². The molecule has 2 bridgehead atoms. The first kappa shape index (κ1) is 24.4. The van der Waals surface area contributed by atoms with Gasteiger partial charge in [0.15, 0.2) is 12.2 Å². The number of nitrogens with zero attached hydrogens (tertiary/aromatic N) is 2. The first-order chi connectivity index (χ1) is 14.8. The smallest absolute Gasteiger partial charge is 0.335 e. The summed E-state index contributed by atoms with van der Waals surface area (Å²) in [5.74, 6) is -1.53. The first-order valence-corrected chi connectivity index (χ1v) is 12.2. The highest BCUT2D eigenvalue weighted by Gasteiger charge is 2.50. The standard InChI is InChI=1S/C19H34N2.C4H6O6/c1-2-3-8-19-16-13-15(17-9-5-7-12-21(17)19)14-20-11-6-4-10-18(16)20;5-1(3(7)8)2(6)4(9)10/h15-19H,2-14H2,1H3;1-2,5-6H,(H,7,8)(H,9,10)/t15-,16+,17-,18+,19?;/m0./s1. The van der Waals surface area contributed by atoms with Crippen LogP contribution in [-0.2, 0) is 9.59 Å². The van der Waals surface area contributed by atoms with Crippen molar-refractivity contribution in [2.45, 2.75) is 101 Å². The quantitative estimate of drug-likeness (QED) is 0.493. The molecule has 3 unspecified atom stereocenters. The average molecular weight is 441 g/mol. The van der Waals surface area contributed by atoms with Crippen LogP contribution in [0.2, 0.25) is 0 Å². The Hall–Kier alpha value is -1.22. The minimum absolute atomic E-state index is 0.928. The molecule has 4 heterocycles. The summed E-state index contributed by atoms with van der Waals surface area (Å²) >= 11 is 0. The molecule has 0 aliphatic carbocycles. The Balaban J connectivity index is 0.000000233. The van der Waals surface area contributed by atoms with Crippen molar-refractivity contribution in [2.24, 2.45) is 11.8 Å². The molecule has 4 aliphatic rings. The highest BCUT2D eigenvalue weighted by atomic mass is 16.4. The van der Waals surface area contributed by atoms with E-state index in [2.05, 4.69) is 16.7 Å². The summed E-state index contributed by atoms with van der Waals surface area (Å²) in [6.45, 7) is 6.62.